The number of hydrogen-bond donors (Lipinski definition) is 2. The molecular weight excluding hydrogens is 401 g/mol. The molecule has 2 amide bonds. The van der Waals surface area contributed by atoms with Crippen molar-refractivity contribution < 1.29 is 27.4 Å². The highest BCUT2D eigenvalue weighted by Crippen LogP contribution is 2.33. The number of para-hydroxylation sites is 2. The Morgan fingerprint density at radius 2 is 1.90 bits per heavy atom. The Kier molecular flexibility index (Phi) is 6.45. The molecule has 0 bridgehead atoms. The Bertz CT molecular complexity index is 991. The number of methoxy groups -OCH3 is 1. The summed E-state index contributed by atoms with van der Waals surface area (Å²) in [6.45, 7) is 0.266. The van der Waals surface area contributed by atoms with Crippen LogP contribution in [-0.4, -0.2) is 36.1 Å². The van der Waals surface area contributed by atoms with Crippen LogP contribution in [0.5, 0.6) is 11.5 Å². The van der Waals surface area contributed by atoms with Crippen molar-refractivity contribution >= 4 is 11.7 Å². The van der Waals surface area contributed by atoms with Crippen molar-refractivity contribution in [2.45, 2.75) is 6.18 Å². The Labute approximate surface area is 170 Å². The van der Waals surface area contributed by atoms with Crippen LogP contribution in [0, 0.1) is 0 Å². The van der Waals surface area contributed by atoms with Crippen LogP contribution in [0.1, 0.15) is 5.56 Å². The largest absolute Gasteiger partial charge is 0.493 e. The SMILES string of the molecule is COc1ccccc1OCCNC(=O)Nc1cc(C(F)(F)F)ccc1-n1cccn1. The molecule has 0 fully saturated rings. The first-order valence-corrected chi connectivity index (χ1v) is 8.90. The number of nitrogens with zero attached hydrogens (tertiary/aromatic N) is 2. The van der Waals surface area contributed by atoms with Crippen molar-refractivity contribution in [1.82, 2.24) is 15.1 Å². The van der Waals surface area contributed by atoms with Gasteiger partial charge in [-0.05, 0) is 36.4 Å². The number of hydrogen-bond acceptors (Lipinski definition) is 4. The van der Waals surface area contributed by atoms with Crippen molar-refractivity contribution in [2.24, 2.45) is 0 Å². The van der Waals surface area contributed by atoms with Gasteiger partial charge in [-0.25, -0.2) is 9.48 Å². The van der Waals surface area contributed by atoms with Gasteiger partial charge < -0.3 is 20.1 Å². The molecule has 30 heavy (non-hydrogen) atoms. The summed E-state index contributed by atoms with van der Waals surface area (Å²) in [5.41, 5.74) is -0.613. The lowest BCUT2D eigenvalue weighted by molar-refractivity contribution is -0.137. The van der Waals surface area contributed by atoms with Gasteiger partial charge in [0, 0.05) is 12.4 Å². The fourth-order valence-electron chi connectivity index (χ4n) is 2.65. The standard InChI is InChI=1S/C20H19F3N4O3/c1-29-17-5-2-3-6-18(17)30-12-10-24-19(28)26-15-13-14(20(21,22)23)7-8-16(15)27-11-4-9-25-27/h2-9,11,13H,10,12H2,1H3,(H2,24,26,28). The second-order valence-electron chi connectivity index (χ2n) is 6.06. The molecule has 0 radical (unpaired) electrons. The fourth-order valence-corrected chi connectivity index (χ4v) is 2.65. The van der Waals surface area contributed by atoms with Crippen LogP contribution < -0.4 is 20.1 Å². The Morgan fingerprint density at radius 1 is 1.13 bits per heavy atom. The molecule has 2 aromatic carbocycles. The van der Waals surface area contributed by atoms with Gasteiger partial charge in [0.05, 0.1) is 30.6 Å². The van der Waals surface area contributed by atoms with E-state index in [1.807, 2.05) is 0 Å². The molecule has 0 spiro atoms. The summed E-state index contributed by atoms with van der Waals surface area (Å²) >= 11 is 0. The monoisotopic (exact) mass is 420 g/mol. The Morgan fingerprint density at radius 3 is 2.57 bits per heavy atom. The third-order valence-corrected chi connectivity index (χ3v) is 4.04. The molecule has 0 saturated carbocycles. The molecule has 2 N–H and O–H groups in total. The quantitative estimate of drug-likeness (QED) is 0.565. The van der Waals surface area contributed by atoms with Crippen molar-refractivity contribution in [2.75, 3.05) is 25.6 Å². The average Bonchev–Trinajstić information content (AvgIpc) is 3.25. The number of amides is 2. The highest BCUT2D eigenvalue weighted by molar-refractivity contribution is 5.91. The zero-order valence-corrected chi connectivity index (χ0v) is 15.9. The smallest absolute Gasteiger partial charge is 0.416 e. The van der Waals surface area contributed by atoms with Crippen molar-refractivity contribution in [1.29, 1.82) is 0 Å². The number of alkyl halides is 3. The zero-order chi connectivity index (χ0) is 21.6. The normalized spacial score (nSPS) is 11.1. The first kappa shape index (κ1) is 21.0. The first-order chi connectivity index (χ1) is 14.4. The van der Waals surface area contributed by atoms with E-state index in [0.29, 0.717) is 17.2 Å². The molecule has 0 aliphatic rings. The predicted octanol–water partition coefficient (Wildman–Crippen LogP) is 4.10. The second kappa shape index (κ2) is 9.21. The van der Waals surface area contributed by atoms with Gasteiger partial charge in [-0.2, -0.15) is 18.3 Å². The van der Waals surface area contributed by atoms with Gasteiger partial charge in [0.25, 0.3) is 0 Å². The molecule has 158 valence electrons. The van der Waals surface area contributed by atoms with Crippen LogP contribution in [-0.2, 0) is 6.18 Å². The maximum atomic E-state index is 13.1. The number of nitrogens with one attached hydrogen (secondary N) is 2. The van der Waals surface area contributed by atoms with Crippen molar-refractivity contribution in [3.8, 4) is 17.2 Å². The van der Waals surface area contributed by atoms with Crippen LogP contribution in [0.25, 0.3) is 5.69 Å². The topological polar surface area (TPSA) is 77.4 Å². The number of carbonyl (C=O) groups is 1. The molecule has 0 saturated heterocycles. The molecule has 3 rings (SSSR count). The highest BCUT2D eigenvalue weighted by atomic mass is 19.4. The highest BCUT2D eigenvalue weighted by Gasteiger charge is 2.31. The summed E-state index contributed by atoms with van der Waals surface area (Å²) in [6, 6.07) is 11.0. The van der Waals surface area contributed by atoms with E-state index in [4.69, 9.17) is 9.47 Å². The lowest BCUT2D eigenvalue weighted by atomic mass is 10.1. The summed E-state index contributed by atoms with van der Waals surface area (Å²) in [4.78, 5) is 12.2. The molecular formula is C20H19F3N4O3. The van der Waals surface area contributed by atoms with Crippen LogP contribution in [0.4, 0.5) is 23.7 Å². The molecule has 3 aromatic rings. The zero-order valence-electron chi connectivity index (χ0n) is 15.9. The van der Waals surface area contributed by atoms with Gasteiger partial charge in [0.1, 0.15) is 6.61 Å². The van der Waals surface area contributed by atoms with Gasteiger partial charge in [0.15, 0.2) is 11.5 Å². The van der Waals surface area contributed by atoms with Crippen LogP contribution >= 0.6 is 0 Å². The number of benzene rings is 2. The van der Waals surface area contributed by atoms with Crippen LogP contribution in [0.3, 0.4) is 0 Å². The minimum Gasteiger partial charge on any atom is -0.493 e. The number of rotatable bonds is 7. The third kappa shape index (κ3) is 5.22. The van der Waals surface area contributed by atoms with Gasteiger partial charge in [-0.3, -0.25) is 0 Å². The molecule has 0 aliphatic carbocycles. The Hall–Kier alpha value is -3.69. The van der Waals surface area contributed by atoms with E-state index in [1.54, 1.807) is 36.5 Å². The molecule has 10 heteroatoms. The van der Waals surface area contributed by atoms with Gasteiger partial charge in [-0.15, -0.1) is 0 Å². The Balaban J connectivity index is 1.64. The number of halogens is 3. The summed E-state index contributed by atoms with van der Waals surface area (Å²) in [7, 11) is 1.51. The average molecular weight is 420 g/mol. The van der Waals surface area contributed by atoms with E-state index < -0.39 is 17.8 Å². The molecule has 7 nitrogen and oxygen atoms in total. The van der Waals surface area contributed by atoms with E-state index in [1.165, 1.54) is 24.1 Å². The first-order valence-electron chi connectivity index (χ1n) is 8.90. The van der Waals surface area contributed by atoms with Gasteiger partial charge >= 0.3 is 12.2 Å². The minimum atomic E-state index is -4.54. The van der Waals surface area contributed by atoms with Gasteiger partial charge in [-0.1, -0.05) is 12.1 Å². The molecule has 1 aromatic heterocycles. The fraction of sp³-hybridized carbons (Fsp3) is 0.200. The van der Waals surface area contributed by atoms with Crippen molar-refractivity contribution in [3.05, 3.63) is 66.5 Å². The summed E-state index contributed by atoms with van der Waals surface area (Å²) < 4.78 is 51.3. The summed E-state index contributed by atoms with van der Waals surface area (Å²) in [6.07, 6.45) is -1.50. The molecule has 0 atom stereocenters. The molecule has 1 heterocycles. The number of urea groups is 1. The lowest BCUT2D eigenvalue weighted by Crippen LogP contribution is -2.32. The van der Waals surface area contributed by atoms with Crippen LogP contribution in [0.15, 0.2) is 60.9 Å². The van der Waals surface area contributed by atoms with Gasteiger partial charge in [0.2, 0.25) is 0 Å². The minimum absolute atomic E-state index is 0.0309. The summed E-state index contributed by atoms with van der Waals surface area (Å²) in [5, 5.41) is 8.99. The summed E-state index contributed by atoms with van der Waals surface area (Å²) in [5.74, 6) is 1.07. The maximum Gasteiger partial charge on any atom is 0.416 e. The number of ether oxygens (including phenoxy) is 2. The van der Waals surface area contributed by atoms with E-state index in [-0.39, 0.29) is 18.8 Å². The molecule has 0 unspecified atom stereocenters. The number of anilines is 1. The number of carbonyl (C=O) groups excluding carboxylic acids is 1. The van der Waals surface area contributed by atoms with Crippen molar-refractivity contribution in [3.63, 3.8) is 0 Å². The van der Waals surface area contributed by atoms with E-state index >= 15 is 0 Å². The molecule has 0 aliphatic heterocycles. The lowest BCUT2D eigenvalue weighted by Gasteiger charge is -2.15. The maximum absolute atomic E-state index is 13.1. The second-order valence-corrected chi connectivity index (χ2v) is 6.06. The van der Waals surface area contributed by atoms with Crippen LogP contribution in [0.2, 0.25) is 0 Å². The van der Waals surface area contributed by atoms with E-state index in [0.717, 1.165) is 12.1 Å². The number of aromatic nitrogens is 2. The van der Waals surface area contributed by atoms with E-state index in [9.17, 15) is 18.0 Å². The third-order valence-electron chi connectivity index (χ3n) is 4.04. The predicted molar refractivity (Wildman–Crippen MR) is 104 cm³/mol. The van der Waals surface area contributed by atoms with E-state index in [2.05, 4.69) is 15.7 Å².